The molecule has 0 radical (unpaired) electrons. The van der Waals surface area contributed by atoms with Crippen LogP contribution in [0.1, 0.15) is 22.5 Å². The average molecular weight is 442 g/mol. The Balaban J connectivity index is 0.00000288. The molecule has 0 aliphatic rings. The van der Waals surface area contributed by atoms with E-state index < -0.39 is 0 Å². The van der Waals surface area contributed by atoms with Crippen LogP contribution in [0.5, 0.6) is 0 Å². The van der Waals surface area contributed by atoms with Gasteiger partial charge in [-0.1, -0.05) is 29.3 Å². The topological polar surface area (TPSA) is 58.3 Å². The minimum absolute atomic E-state index is 0. The summed E-state index contributed by atoms with van der Waals surface area (Å²) in [6.45, 7) is 5.79. The Bertz CT molecular complexity index is 659. The van der Waals surface area contributed by atoms with E-state index in [1.807, 2.05) is 19.0 Å². The maximum absolute atomic E-state index is 4.34. The van der Waals surface area contributed by atoms with Crippen molar-refractivity contribution in [1.29, 1.82) is 0 Å². The molecule has 0 atom stereocenters. The largest absolute Gasteiger partial charge is 0.356 e. The first-order valence-electron chi connectivity index (χ1n) is 7.81. The van der Waals surface area contributed by atoms with Crippen LogP contribution < -0.4 is 5.32 Å². The molecular formula is C17H27IN6. The van der Waals surface area contributed by atoms with Gasteiger partial charge in [0, 0.05) is 27.7 Å². The fraction of sp³-hybridized carbons (Fsp3) is 0.471. The van der Waals surface area contributed by atoms with Gasteiger partial charge in [-0.2, -0.15) is 5.10 Å². The molecule has 0 spiro atoms. The Hall–Kier alpha value is -1.64. The summed E-state index contributed by atoms with van der Waals surface area (Å²) in [6, 6.07) is 6.67. The van der Waals surface area contributed by atoms with Gasteiger partial charge in [0.2, 0.25) is 0 Å². The Kier molecular flexibility index (Phi) is 8.17. The van der Waals surface area contributed by atoms with Gasteiger partial charge in [0.15, 0.2) is 5.96 Å². The van der Waals surface area contributed by atoms with Gasteiger partial charge in [0.25, 0.3) is 0 Å². The molecule has 0 fully saturated rings. The maximum atomic E-state index is 4.34. The van der Waals surface area contributed by atoms with Crippen molar-refractivity contribution in [2.45, 2.75) is 26.8 Å². The molecule has 0 amide bonds. The fourth-order valence-electron chi connectivity index (χ4n) is 2.67. The van der Waals surface area contributed by atoms with E-state index in [2.05, 4.69) is 52.4 Å². The predicted molar refractivity (Wildman–Crippen MR) is 109 cm³/mol. The number of aromatic nitrogens is 3. The third kappa shape index (κ3) is 5.77. The highest BCUT2D eigenvalue weighted by atomic mass is 127. The van der Waals surface area contributed by atoms with Gasteiger partial charge < -0.3 is 10.2 Å². The van der Waals surface area contributed by atoms with Gasteiger partial charge in [-0.3, -0.25) is 9.67 Å². The molecule has 2 aromatic rings. The first-order valence-corrected chi connectivity index (χ1v) is 7.81. The van der Waals surface area contributed by atoms with Crippen LogP contribution in [-0.2, 0) is 20.0 Å². The molecule has 1 N–H and O–H groups in total. The van der Waals surface area contributed by atoms with Gasteiger partial charge in [-0.15, -0.1) is 24.0 Å². The SMILES string of the molecule is CN=C(NCCc1cc(C)cc(C)c1)N(C)Cc1ncnn1C.I. The van der Waals surface area contributed by atoms with Gasteiger partial charge in [-0.25, -0.2) is 4.98 Å². The molecule has 0 saturated heterocycles. The highest BCUT2D eigenvalue weighted by Crippen LogP contribution is 2.09. The molecule has 0 unspecified atom stereocenters. The van der Waals surface area contributed by atoms with Crippen molar-refractivity contribution in [2.24, 2.45) is 12.0 Å². The van der Waals surface area contributed by atoms with Crippen molar-refractivity contribution < 1.29 is 0 Å². The van der Waals surface area contributed by atoms with Crippen molar-refractivity contribution in [3.8, 4) is 0 Å². The molecular weight excluding hydrogens is 415 g/mol. The number of nitrogens with one attached hydrogen (secondary N) is 1. The minimum atomic E-state index is 0. The van der Waals surface area contributed by atoms with Crippen LogP contribution >= 0.6 is 24.0 Å². The van der Waals surface area contributed by atoms with E-state index in [1.54, 1.807) is 18.1 Å². The second-order valence-corrected chi connectivity index (χ2v) is 5.88. The highest BCUT2D eigenvalue weighted by molar-refractivity contribution is 14.0. The van der Waals surface area contributed by atoms with Gasteiger partial charge in [-0.05, 0) is 25.8 Å². The Morgan fingerprint density at radius 3 is 2.46 bits per heavy atom. The summed E-state index contributed by atoms with van der Waals surface area (Å²) in [6.07, 6.45) is 2.54. The lowest BCUT2D eigenvalue weighted by molar-refractivity contribution is 0.449. The van der Waals surface area contributed by atoms with Crippen molar-refractivity contribution in [2.75, 3.05) is 20.6 Å². The number of halogens is 1. The molecule has 132 valence electrons. The molecule has 7 heteroatoms. The zero-order valence-corrected chi connectivity index (χ0v) is 17.4. The maximum Gasteiger partial charge on any atom is 0.193 e. The zero-order chi connectivity index (χ0) is 16.8. The summed E-state index contributed by atoms with van der Waals surface area (Å²) in [7, 11) is 5.69. The second kappa shape index (κ2) is 9.61. The molecule has 2 rings (SSSR count). The fourth-order valence-corrected chi connectivity index (χ4v) is 2.67. The Labute approximate surface area is 161 Å². The number of aryl methyl sites for hydroxylation is 3. The van der Waals surface area contributed by atoms with Crippen LogP contribution in [0.3, 0.4) is 0 Å². The predicted octanol–water partition coefficient (Wildman–Crippen LogP) is 2.30. The van der Waals surface area contributed by atoms with Crippen LogP contribution in [0.4, 0.5) is 0 Å². The number of rotatable bonds is 5. The summed E-state index contributed by atoms with van der Waals surface area (Å²) in [5.41, 5.74) is 3.97. The molecule has 0 saturated carbocycles. The number of nitrogens with zero attached hydrogens (tertiary/aromatic N) is 5. The minimum Gasteiger partial charge on any atom is -0.356 e. The summed E-state index contributed by atoms with van der Waals surface area (Å²) < 4.78 is 1.78. The number of guanidine groups is 1. The lowest BCUT2D eigenvalue weighted by Crippen LogP contribution is -2.39. The highest BCUT2D eigenvalue weighted by Gasteiger charge is 2.09. The quantitative estimate of drug-likeness (QED) is 0.439. The van der Waals surface area contributed by atoms with Gasteiger partial charge in [0.1, 0.15) is 12.2 Å². The van der Waals surface area contributed by atoms with E-state index in [0.29, 0.717) is 6.54 Å². The first kappa shape index (κ1) is 20.4. The third-order valence-electron chi connectivity index (χ3n) is 3.74. The van der Waals surface area contributed by atoms with Crippen LogP contribution in [0.25, 0.3) is 0 Å². The molecule has 6 nitrogen and oxygen atoms in total. The van der Waals surface area contributed by atoms with E-state index in [9.17, 15) is 0 Å². The van der Waals surface area contributed by atoms with Crippen LogP contribution in [0.2, 0.25) is 0 Å². The van der Waals surface area contributed by atoms with E-state index in [0.717, 1.165) is 24.7 Å². The smallest absolute Gasteiger partial charge is 0.193 e. The Morgan fingerprint density at radius 2 is 1.92 bits per heavy atom. The lowest BCUT2D eigenvalue weighted by atomic mass is 10.1. The van der Waals surface area contributed by atoms with Crippen molar-refractivity contribution >= 4 is 29.9 Å². The van der Waals surface area contributed by atoms with Crippen LogP contribution in [0, 0.1) is 13.8 Å². The van der Waals surface area contributed by atoms with Crippen molar-refractivity contribution in [3.05, 3.63) is 47.0 Å². The summed E-state index contributed by atoms with van der Waals surface area (Å²) in [5, 5.41) is 7.50. The number of hydrogen-bond acceptors (Lipinski definition) is 3. The summed E-state index contributed by atoms with van der Waals surface area (Å²) in [4.78, 5) is 10.6. The van der Waals surface area contributed by atoms with Crippen molar-refractivity contribution in [3.63, 3.8) is 0 Å². The van der Waals surface area contributed by atoms with Crippen LogP contribution in [0.15, 0.2) is 29.5 Å². The number of aliphatic imine (C=N–C) groups is 1. The van der Waals surface area contributed by atoms with Crippen molar-refractivity contribution in [1.82, 2.24) is 25.0 Å². The third-order valence-corrected chi connectivity index (χ3v) is 3.74. The van der Waals surface area contributed by atoms with Gasteiger partial charge in [0.05, 0.1) is 6.54 Å². The van der Waals surface area contributed by atoms with E-state index in [4.69, 9.17) is 0 Å². The Morgan fingerprint density at radius 1 is 1.25 bits per heavy atom. The second-order valence-electron chi connectivity index (χ2n) is 5.88. The van der Waals surface area contributed by atoms with E-state index >= 15 is 0 Å². The normalized spacial score (nSPS) is 11.1. The van der Waals surface area contributed by atoms with Crippen LogP contribution in [-0.4, -0.2) is 46.3 Å². The molecule has 24 heavy (non-hydrogen) atoms. The summed E-state index contributed by atoms with van der Waals surface area (Å²) >= 11 is 0. The lowest BCUT2D eigenvalue weighted by Gasteiger charge is -2.21. The van der Waals surface area contributed by atoms with Gasteiger partial charge >= 0.3 is 0 Å². The molecule has 0 aliphatic heterocycles. The standard InChI is InChI=1S/C17H26N6.HI/c1-13-8-14(2)10-15(9-13)6-7-19-17(18-3)22(4)11-16-20-12-21-23(16)5;/h8-10,12H,6-7,11H2,1-5H3,(H,18,19);1H. The molecule has 1 aromatic carbocycles. The molecule has 1 aromatic heterocycles. The molecule has 0 aliphatic carbocycles. The van der Waals surface area contributed by atoms with E-state index in [-0.39, 0.29) is 24.0 Å². The zero-order valence-electron chi connectivity index (χ0n) is 15.1. The first-order chi connectivity index (χ1) is 11.0. The van der Waals surface area contributed by atoms with E-state index in [1.165, 1.54) is 16.7 Å². The number of hydrogen-bond donors (Lipinski definition) is 1. The molecule has 1 heterocycles. The molecule has 0 bridgehead atoms. The average Bonchev–Trinajstić information content (AvgIpc) is 2.88. The number of benzene rings is 1. The summed E-state index contributed by atoms with van der Waals surface area (Å²) in [5.74, 6) is 1.77. The monoisotopic (exact) mass is 442 g/mol.